The lowest BCUT2D eigenvalue weighted by molar-refractivity contribution is 0.152. The van der Waals surface area contributed by atoms with Gasteiger partial charge in [-0.15, -0.1) is 0 Å². The lowest BCUT2D eigenvalue weighted by atomic mass is 9.95. The van der Waals surface area contributed by atoms with Gasteiger partial charge >= 0.3 is 0 Å². The van der Waals surface area contributed by atoms with Crippen LogP contribution >= 0.6 is 0 Å². The molecule has 0 amide bonds. The molecule has 0 aliphatic heterocycles. The van der Waals surface area contributed by atoms with Crippen molar-refractivity contribution in [1.82, 2.24) is 10.6 Å². The Morgan fingerprint density at radius 1 is 1.18 bits per heavy atom. The number of allylic oxidation sites excluding steroid dienone is 2. The van der Waals surface area contributed by atoms with Crippen LogP contribution in [-0.2, 0) is 0 Å². The third kappa shape index (κ3) is 5.90. The Labute approximate surface area is 168 Å². The Balaban J connectivity index is 1.46. The van der Waals surface area contributed by atoms with Crippen LogP contribution in [0.5, 0.6) is 0 Å². The fraction of sp³-hybridized carbons (Fsp3) is 0.565. The maximum absolute atomic E-state index is 14.2. The standard InChI is InChI=1S/C23H34FN3O/c1-27(22-13-7-5-11-20(22)24)23-14-8-6-12-21(23)25-16-15-19(28)17-26-18-9-3-2-4-10-18/h5-8,11,13-14,18-19,21,25-26,28H,2-4,9-10,12,15-17H2,1H3/t19-,21?/m0/s1. The van der Waals surface area contributed by atoms with Crippen LogP contribution in [0.25, 0.3) is 0 Å². The van der Waals surface area contributed by atoms with E-state index in [9.17, 15) is 9.50 Å². The van der Waals surface area contributed by atoms with E-state index in [1.807, 2.05) is 30.2 Å². The van der Waals surface area contributed by atoms with E-state index in [1.54, 1.807) is 12.1 Å². The Bertz CT molecular complexity index is 670. The Kier molecular flexibility index (Phi) is 8.07. The first-order valence-electron chi connectivity index (χ1n) is 10.6. The zero-order chi connectivity index (χ0) is 19.8. The number of nitrogens with zero attached hydrogens (tertiary/aromatic N) is 1. The molecule has 0 saturated heterocycles. The van der Waals surface area contributed by atoms with Crippen molar-refractivity contribution < 1.29 is 9.50 Å². The molecular formula is C23H34FN3O. The van der Waals surface area contributed by atoms with Crippen LogP contribution in [0.3, 0.4) is 0 Å². The molecular weight excluding hydrogens is 353 g/mol. The van der Waals surface area contributed by atoms with Crippen LogP contribution in [0.1, 0.15) is 44.9 Å². The van der Waals surface area contributed by atoms with Crippen molar-refractivity contribution in [3.05, 3.63) is 54.0 Å². The highest BCUT2D eigenvalue weighted by Crippen LogP contribution is 2.25. The van der Waals surface area contributed by atoms with Crippen molar-refractivity contribution in [2.24, 2.45) is 0 Å². The number of aliphatic hydroxyl groups is 1. The molecule has 0 aromatic heterocycles. The molecule has 4 nitrogen and oxygen atoms in total. The molecule has 1 saturated carbocycles. The van der Waals surface area contributed by atoms with Gasteiger partial charge in [0, 0.05) is 25.3 Å². The number of nitrogens with one attached hydrogen (secondary N) is 2. The fourth-order valence-corrected chi connectivity index (χ4v) is 4.15. The van der Waals surface area contributed by atoms with Gasteiger partial charge in [0.2, 0.25) is 0 Å². The summed E-state index contributed by atoms with van der Waals surface area (Å²) < 4.78 is 14.2. The highest BCUT2D eigenvalue weighted by molar-refractivity contribution is 5.54. The van der Waals surface area contributed by atoms with E-state index in [0.717, 1.165) is 18.7 Å². The molecule has 28 heavy (non-hydrogen) atoms. The first kappa shape index (κ1) is 21.0. The number of halogens is 1. The molecule has 5 heteroatoms. The van der Waals surface area contributed by atoms with E-state index >= 15 is 0 Å². The Hall–Kier alpha value is -1.69. The van der Waals surface area contributed by atoms with Gasteiger partial charge in [-0.05, 0) is 50.4 Å². The minimum absolute atomic E-state index is 0.119. The topological polar surface area (TPSA) is 47.5 Å². The lowest BCUT2D eigenvalue weighted by Crippen LogP contribution is -2.41. The lowest BCUT2D eigenvalue weighted by Gasteiger charge is -2.31. The average molecular weight is 388 g/mol. The number of rotatable bonds is 9. The number of benzene rings is 1. The number of para-hydroxylation sites is 1. The van der Waals surface area contributed by atoms with Crippen LogP contribution < -0.4 is 15.5 Å². The van der Waals surface area contributed by atoms with Crippen LogP contribution in [0.15, 0.2) is 48.2 Å². The highest BCUT2D eigenvalue weighted by Gasteiger charge is 2.21. The number of hydrogen-bond donors (Lipinski definition) is 3. The second-order valence-electron chi connectivity index (χ2n) is 7.96. The van der Waals surface area contributed by atoms with E-state index in [0.29, 0.717) is 24.7 Å². The molecule has 0 heterocycles. The number of hydrogen-bond acceptors (Lipinski definition) is 4. The molecule has 2 aliphatic carbocycles. The molecule has 1 aromatic carbocycles. The number of anilines is 1. The molecule has 3 N–H and O–H groups in total. The van der Waals surface area contributed by atoms with E-state index in [-0.39, 0.29) is 18.0 Å². The van der Waals surface area contributed by atoms with Gasteiger partial charge in [-0.1, -0.05) is 43.5 Å². The maximum atomic E-state index is 14.2. The van der Waals surface area contributed by atoms with E-state index in [1.165, 1.54) is 38.2 Å². The summed E-state index contributed by atoms with van der Waals surface area (Å²) in [6.07, 6.45) is 13.8. The van der Waals surface area contributed by atoms with Crippen molar-refractivity contribution in [2.75, 3.05) is 25.0 Å². The van der Waals surface area contributed by atoms with Gasteiger partial charge < -0.3 is 20.6 Å². The molecule has 1 aromatic rings. The van der Waals surface area contributed by atoms with Crippen LogP contribution in [0.4, 0.5) is 10.1 Å². The summed E-state index contributed by atoms with van der Waals surface area (Å²) in [6.45, 7) is 1.39. The van der Waals surface area contributed by atoms with E-state index < -0.39 is 0 Å². The van der Waals surface area contributed by atoms with Crippen molar-refractivity contribution in [3.8, 4) is 0 Å². The zero-order valence-electron chi connectivity index (χ0n) is 16.9. The monoisotopic (exact) mass is 387 g/mol. The van der Waals surface area contributed by atoms with E-state index in [4.69, 9.17) is 0 Å². The first-order chi connectivity index (χ1) is 13.6. The van der Waals surface area contributed by atoms with Crippen molar-refractivity contribution in [3.63, 3.8) is 0 Å². The SMILES string of the molecule is CN(C1=CC=CCC1NCC[C@H](O)CNC1CCCCC1)c1ccccc1F. The summed E-state index contributed by atoms with van der Waals surface area (Å²) in [5, 5.41) is 17.4. The maximum Gasteiger partial charge on any atom is 0.146 e. The summed E-state index contributed by atoms with van der Waals surface area (Å²) in [6, 6.07) is 7.54. The van der Waals surface area contributed by atoms with Crippen molar-refractivity contribution in [2.45, 2.75) is 63.1 Å². The van der Waals surface area contributed by atoms with Crippen molar-refractivity contribution >= 4 is 5.69 Å². The second-order valence-corrected chi connectivity index (χ2v) is 7.96. The third-order valence-corrected chi connectivity index (χ3v) is 5.85. The normalized spacial score (nSPS) is 21.4. The molecule has 154 valence electrons. The second kappa shape index (κ2) is 10.7. The quantitative estimate of drug-likeness (QED) is 0.604. The van der Waals surface area contributed by atoms with E-state index in [2.05, 4.69) is 16.7 Å². The summed E-state index contributed by atoms with van der Waals surface area (Å²) in [7, 11) is 1.90. The summed E-state index contributed by atoms with van der Waals surface area (Å²) in [5.74, 6) is -0.219. The molecule has 2 aliphatic rings. The summed E-state index contributed by atoms with van der Waals surface area (Å²) in [4.78, 5) is 1.91. The molecule has 0 spiro atoms. The first-order valence-corrected chi connectivity index (χ1v) is 10.6. The highest BCUT2D eigenvalue weighted by atomic mass is 19.1. The minimum atomic E-state index is -0.342. The molecule has 3 rings (SSSR count). The minimum Gasteiger partial charge on any atom is -0.392 e. The molecule has 0 radical (unpaired) electrons. The predicted octanol–water partition coefficient (Wildman–Crippen LogP) is 3.74. The summed E-state index contributed by atoms with van der Waals surface area (Å²) in [5.41, 5.74) is 1.62. The fourth-order valence-electron chi connectivity index (χ4n) is 4.15. The number of aliphatic hydroxyl groups excluding tert-OH is 1. The Morgan fingerprint density at radius 3 is 2.75 bits per heavy atom. The molecule has 1 unspecified atom stereocenters. The number of likely N-dealkylation sites (N-methyl/N-ethyl adjacent to an activating group) is 1. The van der Waals surface area contributed by atoms with Gasteiger partial charge in [0.05, 0.1) is 17.8 Å². The Morgan fingerprint density at radius 2 is 1.96 bits per heavy atom. The van der Waals surface area contributed by atoms with Crippen LogP contribution in [-0.4, -0.2) is 43.4 Å². The average Bonchev–Trinajstić information content (AvgIpc) is 2.73. The van der Waals surface area contributed by atoms with Gasteiger partial charge in [-0.25, -0.2) is 4.39 Å². The van der Waals surface area contributed by atoms with Crippen LogP contribution in [0.2, 0.25) is 0 Å². The van der Waals surface area contributed by atoms with Gasteiger partial charge in [-0.2, -0.15) is 0 Å². The zero-order valence-corrected chi connectivity index (χ0v) is 16.9. The van der Waals surface area contributed by atoms with Crippen molar-refractivity contribution in [1.29, 1.82) is 0 Å². The molecule has 2 atom stereocenters. The van der Waals surface area contributed by atoms with Gasteiger partial charge in [0.15, 0.2) is 0 Å². The smallest absolute Gasteiger partial charge is 0.146 e. The molecule has 0 bridgehead atoms. The molecule has 1 fully saturated rings. The van der Waals surface area contributed by atoms with Gasteiger partial charge in [0.1, 0.15) is 5.82 Å². The third-order valence-electron chi connectivity index (χ3n) is 5.85. The van der Waals surface area contributed by atoms with Gasteiger partial charge in [-0.3, -0.25) is 0 Å². The van der Waals surface area contributed by atoms with Gasteiger partial charge in [0.25, 0.3) is 0 Å². The summed E-state index contributed by atoms with van der Waals surface area (Å²) >= 11 is 0. The predicted molar refractivity (Wildman–Crippen MR) is 114 cm³/mol. The van der Waals surface area contributed by atoms with Crippen LogP contribution in [0, 0.1) is 5.82 Å². The largest absolute Gasteiger partial charge is 0.392 e.